The molecule has 0 aliphatic carbocycles. The van der Waals surface area contributed by atoms with E-state index in [1.54, 1.807) is 12.1 Å². The third kappa shape index (κ3) is 3.76. The van der Waals surface area contributed by atoms with Crippen molar-refractivity contribution >= 4 is 5.97 Å². The molecule has 1 heterocycles. The summed E-state index contributed by atoms with van der Waals surface area (Å²) in [4.78, 5) is 11.4. The van der Waals surface area contributed by atoms with Crippen molar-refractivity contribution in [1.29, 1.82) is 0 Å². The second-order valence-corrected chi connectivity index (χ2v) is 5.07. The number of carboxylic acids is 1. The van der Waals surface area contributed by atoms with E-state index >= 15 is 0 Å². The smallest absolute Gasteiger partial charge is 0.325 e. The van der Waals surface area contributed by atoms with Gasteiger partial charge in [0.1, 0.15) is 6.04 Å². The highest BCUT2D eigenvalue weighted by molar-refractivity contribution is 5.75. The zero-order chi connectivity index (χ0) is 13.9. The van der Waals surface area contributed by atoms with Gasteiger partial charge in [-0.05, 0) is 19.4 Å². The summed E-state index contributed by atoms with van der Waals surface area (Å²) in [6, 6.07) is 8.21. The zero-order valence-electron chi connectivity index (χ0n) is 11.1. The van der Waals surface area contributed by atoms with E-state index in [2.05, 4.69) is 5.32 Å². The molecule has 0 bridgehead atoms. The van der Waals surface area contributed by atoms with Gasteiger partial charge in [-0.3, -0.25) is 10.1 Å². The topological polar surface area (TPSA) is 67.8 Å². The summed E-state index contributed by atoms with van der Waals surface area (Å²) in [5, 5.41) is 12.4. The first-order valence-corrected chi connectivity index (χ1v) is 6.30. The molecule has 1 atom stereocenters. The second kappa shape index (κ2) is 5.69. The van der Waals surface area contributed by atoms with Crippen molar-refractivity contribution in [3.63, 3.8) is 0 Å². The van der Waals surface area contributed by atoms with E-state index < -0.39 is 17.8 Å². The molecule has 1 aromatic rings. The van der Waals surface area contributed by atoms with Crippen LogP contribution in [0.1, 0.15) is 25.5 Å². The molecule has 1 saturated heterocycles. The van der Waals surface area contributed by atoms with E-state index in [4.69, 9.17) is 9.47 Å². The van der Waals surface area contributed by atoms with Crippen molar-refractivity contribution < 1.29 is 19.4 Å². The molecule has 0 radical (unpaired) electrons. The maximum absolute atomic E-state index is 11.4. The number of carboxylic acid groups (broad SMARTS) is 1. The molecule has 0 spiro atoms. The number of nitrogens with one attached hydrogen (secondary N) is 1. The molecule has 1 aliphatic rings. The van der Waals surface area contributed by atoms with Gasteiger partial charge in [-0.2, -0.15) is 0 Å². The maximum Gasteiger partial charge on any atom is 0.325 e. The average Bonchev–Trinajstić information content (AvgIpc) is 2.38. The lowest BCUT2D eigenvalue weighted by Crippen LogP contribution is -2.50. The molecule has 0 aromatic heterocycles. The van der Waals surface area contributed by atoms with Crippen LogP contribution in [0.4, 0.5) is 0 Å². The lowest BCUT2D eigenvalue weighted by atomic mass is 10.1. The molecule has 2 N–H and O–H groups in total. The molecule has 104 valence electrons. The quantitative estimate of drug-likeness (QED) is 0.864. The summed E-state index contributed by atoms with van der Waals surface area (Å²) in [5.41, 5.74) is 0.722. The highest BCUT2D eigenvalue weighted by Crippen LogP contribution is 2.20. The summed E-state index contributed by atoms with van der Waals surface area (Å²) in [7, 11) is 0. The Morgan fingerprint density at radius 2 is 1.89 bits per heavy atom. The Labute approximate surface area is 112 Å². The van der Waals surface area contributed by atoms with Crippen molar-refractivity contribution in [2.45, 2.75) is 31.7 Å². The van der Waals surface area contributed by atoms with Gasteiger partial charge in [0.05, 0.1) is 19.3 Å². The molecule has 1 unspecified atom stereocenters. The summed E-state index contributed by atoms with van der Waals surface area (Å²) in [5.74, 6) is -1.50. The molecule has 1 fully saturated rings. The van der Waals surface area contributed by atoms with Crippen LogP contribution in [0.3, 0.4) is 0 Å². The Balaban J connectivity index is 2.01. The van der Waals surface area contributed by atoms with E-state index in [1.807, 2.05) is 32.0 Å². The lowest BCUT2D eigenvalue weighted by Gasteiger charge is -2.36. The van der Waals surface area contributed by atoms with Crippen LogP contribution in [-0.2, 0) is 14.3 Å². The first-order chi connectivity index (χ1) is 8.98. The lowest BCUT2D eigenvalue weighted by molar-refractivity contribution is -0.253. The van der Waals surface area contributed by atoms with E-state index in [9.17, 15) is 9.90 Å². The first-order valence-electron chi connectivity index (χ1n) is 6.30. The van der Waals surface area contributed by atoms with Gasteiger partial charge in [-0.25, -0.2) is 0 Å². The Kier molecular flexibility index (Phi) is 4.19. The van der Waals surface area contributed by atoms with Gasteiger partial charge < -0.3 is 14.6 Å². The van der Waals surface area contributed by atoms with Crippen LogP contribution in [0.5, 0.6) is 0 Å². The van der Waals surface area contributed by atoms with E-state index in [-0.39, 0.29) is 6.04 Å². The number of rotatable bonds is 4. The monoisotopic (exact) mass is 265 g/mol. The van der Waals surface area contributed by atoms with Crippen LogP contribution in [0.25, 0.3) is 0 Å². The molecule has 19 heavy (non-hydrogen) atoms. The minimum atomic E-state index is -0.906. The van der Waals surface area contributed by atoms with Crippen LogP contribution in [-0.4, -0.2) is 36.1 Å². The van der Waals surface area contributed by atoms with Crippen LogP contribution < -0.4 is 5.32 Å². The van der Waals surface area contributed by atoms with Crippen molar-refractivity contribution in [3.05, 3.63) is 35.9 Å². The molecular weight excluding hydrogens is 246 g/mol. The molecule has 1 aromatic carbocycles. The molecule has 0 amide bonds. The standard InChI is InChI=1S/C14H19NO4/c1-14(2)18-8-11(9-19-14)15-12(13(16)17)10-6-4-3-5-7-10/h3-7,11-12,15H,8-9H2,1-2H3,(H,16,17). The van der Waals surface area contributed by atoms with E-state index in [0.29, 0.717) is 13.2 Å². The molecule has 0 saturated carbocycles. The maximum atomic E-state index is 11.4. The molecule has 5 heteroatoms. The van der Waals surface area contributed by atoms with Crippen LogP contribution in [0.15, 0.2) is 30.3 Å². The molecule has 2 rings (SSSR count). The van der Waals surface area contributed by atoms with E-state index in [1.165, 1.54) is 0 Å². The summed E-state index contributed by atoms with van der Waals surface area (Å²) in [6.45, 7) is 4.55. The largest absolute Gasteiger partial charge is 0.480 e. The van der Waals surface area contributed by atoms with Crippen LogP contribution in [0, 0.1) is 0 Å². The Bertz CT molecular complexity index is 422. The van der Waals surface area contributed by atoms with Gasteiger partial charge in [0.2, 0.25) is 0 Å². The predicted octanol–water partition coefficient (Wildman–Crippen LogP) is 1.55. The van der Waals surface area contributed by atoms with Gasteiger partial charge in [-0.1, -0.05) is 30.3 Å². The van der Waals surface area contributed by atoms with Gasteiger partial charge in [-0.15, -0.1) is 0 Å². The number of carbonyl (C=O) groups is 1. The average molecular weight is 265 g/mol. The number of hydrogen-bond acceptors (Lipinski definition) is 4. The van der Waals surface area contributed by atoms with E-state index in [0.717, 1.165) is 5.56 Å². The van der Waals surface area contributed by atoms with Crippen molar-refractivity contribution in [2.24, 2.45) is 0 Å². The van der Waals surface area contributed by atoms with Gasteiger partial charge >= 0.3 is 5.97 Å². The highest BCUT2D eigenvalue weighted by Gasteiger charge is 2.31. The molecule has 5 nitrogen and oxygen atoms in total. The summed E-state index contributed by atoms with van der Waals surface area (Å²) >= 11 is 0. The normalized spacial score (nSPS) is 20.9. The van der Waals surface area contributed by atoms with Crippen molar-refractivity contribution in [1.82, 2.24) is 5.32 Å². The van der Waals surface area contributed by atoms with Crippen molar-refractivity contribution in [2.75, 3.05) is 13.2 Å². The third-order valence-corrected chi connectivity index (χ3v) is 3.05. The fourth-order valence-corrected chi connectivity index (χ4v) is 1.98. The first kappa shape index (κ1) is 14.0. The third-order valence-electron chi connectivity index (χ3n) is 3.05. The zero-order valence-corrected chi connectivity index (χ0v) is 11.1. The SMILES string of the molecule is CC1(C)OCC(NC(C(=O)O)c2ccccc2)CO1. The van der Waals surface area contributed by atoms with Crippen LogP contribution in [0.2, 0.25) is 0 Å². The Morgan fingerprint density at radius 1 is 1.32 bits per heavy atom. The van der Waals surface area contributed by atoms with Gasteiger partial charge in [0, 0.05) is 0 Å². The highest BCUT2D eigenvalue weighted by atomic mass is 16.7. The number of hydrogen-bond donors (Lipinski definition) is 2. The number of ether oxygens (including phenoxy) is 2. The molecule has 1 aliphatic heterocycles. The molecular formula is C14H19NO4. The fourth-order valence-electron chi connectivity index (χ4n) is 1.98. The number of benzene rings is 1. The van der Waals surface area contributed by atoms with Gasteiger partial charge in [0.15, 0.2) is 5.79 Å². The Hall–Kier alpha value is -1.43. The Morgan fingerprint density at radius 3 is 2.42 bits per heavy atom. The van der Waals surface area contributed by atoms with Crippen molar-refractivity contribution in [3.8, 4) is 0 Å². The minimum absolute atomic E-state index is 0.130. The van der Waals surface area contributed by atoms with Crippen LogP contribution >= 0.6 is 0 Å². The second-order valence-electron chi connectivity index (χ2n) is 5.07. The number of aliphatic carboxylic acids is 1. The summed E-state index contributed by atoms with van der Waals surface area (Å²) < 4.78 is 11.0. The fraction of sp³-hybridized carbons (Fsp3) is 0.500. The minimum Gasteiger partial charge on any atom is -0.480 e. The predicted molar refractivity (Wildman–Crippen MR) is 69.7 cm³/mol. The summed E-state index contributed by atoms with van der Waals surface area (Å²) in [6.07, 6.45) is 0. The van der Waals surface area contributed by atoms with Gasteiger partial charge in [0.25, 0.3) is 0 Å².